The highest BCUT2D eigenvalue weighted by molar-refractivity contribution is 5.11. The first-order chi connectivity index (χ1) is 9.67. The van der Waals surface area contributed by atoms with Gasteiger partial charge in [-0.1, -0.05) is 26.2 Å². The van der Waals surface area contributed by atoms with E-state index in [1.165, 1.54) is 32.1 Å². The average Bonchev–Trinajstić information content (AvgIpc) is 2.45. The lowest BCUT2D eigenvalue weighted by atomic mass is 9.38. The first-order valence-electron chi connectivity index (χ1n) is 9.37. The highest BCUT2D eigenvalue weighted by Crippen LogP contribution is 2.70. The van der Waals surface area contributed by atoms with Crippen molar-refractivity contribution in [3.8, 4) is 0 Å². The molecule has 5 aliphatic rings. The molecular weight excluding hydrogens is 242 g/mol. The van der Waals surface area contributed by atoms with Crippen LogP contribution in [0, 0.1) is 34.5 Å². The van der Waals surface area contributed by atoms with Crippen LogP contribution in [0.2, 0.25) is 0 Å². The summed E-state index contributed by atoms with van der Waals surface area (Å²) in [6.45, 7) is 3.41. The van der Waals surface area contributed by atoms with Crippen LogP contribution in [-0.4, -0.2) is 6.54 Å². The smallest absolute Gasteiger partial charge is 0.00460 e. The molecule has 0 saturated heterocycles. The van der Waals surface area contributed by atoms with Crippen LogP contribution < -0.4 is 5.73 Å². The van der Waals surface area contributed by atoms with Crippen molar-refractivity contribution in [3.05, 3.63) is 0 Å². The molecule has 5 fully saturated rings. The molecule has 1 atom stereocenters. The van der Waals surface area contributed by atoms with Crippen LogP contribution in [0.3, 0.4) is 0 Å². The van der Waals surface area contributed by atoms with E-state index in [1.807, 2.05) is 0 Å². The molecule has 1 heteroatoms. The third-order valence-electron chi connectivity index (χ3n) is 8.14. The molecule has 20 heavy (non-hydrogen) atoms. The standard InChI is InChI=1S/C19H33N/c1-14(13-20)19(5-3-2-4-6-19)18-10-15-7-16(11-18)9-17(8-15)12-18/h14-17H,2-13,20H2,1H3. The number of nitrogens with two attached hydrogens (primary N) is 1. The molecule has 0 aliphatic heterocycles. The SMILES string of the molecule is CC(CN)C1(C23CC4CC(CC(C4)C2)C3)CCCCC1. The maximum Gasteiger partial charge on any atom is -0.00460 e. The van der Waals surface area contributed by atoms with Gasteiger partial charge in [-0.05, 0) is 92.4 Å². The third-order valence-corrected chi connectivity index (χ3v) is 8.14. The summed E-state index contributed by atoms with van der Waals surface area (Å²) in [5.74, 6) is 4.01. The zero-order valence-corrected chi connectivity index (χ0v) is 13.4. The van der Waals surface area contributed by atoms with E-state index in [4.69, 9.17) is 5.73 Å². The van der Waals surface area contributed by atoms with Crippen molar-refractivity contribution < 1.29 is 0 Å². The van der Waals surface area contributed by atoms with E-state index < -0.39 is 0 Å². The van der Waals surface area contributed by atoms with Crippen LogP contribution in [0.5, 0.6) is 0 Å². The summed E-state index contributed by atoms with van der Waals surface area (Å²) in [6, 6.07) is 0. The van der Waals surface area contributed by atoms with Crippen molar-refractivity contribution in [2.24, 2.45) is 40.2 Å². The van der Waals surface area contributed by atoms with Crippen LogP contribution >= 0.6 is 0 Å². The molecule has 0 aromatic heterocycles. The van der Waals surface area contributed by atoms with Gasteiger partial charge in [0.25, 0.3) is 0 Å². The fraction of sp³-hybridized carbons (Fsp3) is 1.00. The lowest BCUT2D eigenvalue weighted by Crippen LogP contribution is -2.58. The van der Waals surface area contributed by atoms with Gasteiger partial charge in [-0.3, -0.25) is 0 Å². The van der Waals surface area contributed by atoms with Gasteiger partial charge in [0, 0.05) is 0 Å². The minimum Gasteiger partial charge on any atom is -0.330 e. The van der Waals surface area contributed by atoms with Gasteiger partial charge in [-0.2, -0.15) is 0 Å². The maximum absolute atomic E-state index is 6.21. The minimum atomic E-state index is 0.621. The molecule has 114 valence electrons. The second kappa shape index (κ2) is 4.73. The topological polar surface area (TPSA) is 26.0 Å². The number of hydrogen-bond acceptors (Lipinski definition) is 1. The van der Waals surface area contributed by atoms with E-state index in [9.17, 15) is 0 Å². The van der Waals surface area contributed by atoms with Crippen molar-refractivity contribution in [2.75, 3.05) is 6.54 Å². The van der Waals surface area contributed by atoms with E-state index in [0.29, 0.717) is 10.8 Å². The van der Waals surface area contributed by atoms with Gasteiger partial charge in [0.1, 0.15) is 0 Å². The molecule has 5 aliphatic carbocycles. The lowest BCUT2D eigenvalue weighted by Gasteiger charge is -2.66. The van der Waals surface area contributed by atoms with E-state index in [1.54, 1.807) is 38.5 Å². The number of hydrogen-bond donors (Lipinski definition) is 1. The Morgan fingerprint density at radius 2 is 1.40 bits per heavy atom. The highest BCUT2D eigenvalue weighted by atomic mass is 14.7. The van der Waals surface area contributed by atoms with Gasteiger partial charge in [-0.25, -0.2) is 0 Å². The first-order valence-corrected chi connectivity index (χ1v) is 9.37. The average molecular weight is 275 g/mol. The molecule has 0 amide bonds. The van der Waals surface area contributed by atoms with Gasteiger partial charge < -0.3 is 5.73 Å². The lowest BCUT2D eigenvalue weighted by molar-refractivity contribution is -0.164. The summed E-state index contributed by atoms with van der Waals surface area (Å²) < 4.78 is 0. The van der Waals surface area contributed by atoms with Crippen molar-refractivity contribution in [2.45, 2.75) is 77.6 Å². The molecule has 0 heterocycles. The fourth-order valence-corrected chi connectivity index (χ4v) is 7.67. The summed E-state index contributed by atoms with van der Waals surface area (Å²) in [7, 11) is 0. The first kappa shape index (κ1) is 13.6. The van der Waals surface area contributed by atoms with Crippen LogP contribution in [-0.2, 0) is 0 Å². The maximum atomic E-state index is 6.21. The molecule has 4 bridgehead atoms. The van der Waals surface area contributed by atoms with E-state index in [-0.39, 0.29) is 0 Å². The van der Waals surface area contributed by atoms with Gasteiger partial charge in [-0.15, -0.1) is 0 Å². The van der Waals surface area contributed by atoms with Crippen LogP contribution in [0.25, 0.3) is 0 Å². The van der Waals surface area contributed by atoms with Gasteiger partial charge in [0.05, 0.1) is 0 Å². The van der Waals surface area contributed by atoms with E-state index >= 15 is 0 Å². The van der Waals surface area contributed by atoms with Gasteiger partial charge in [0.15, 0.2) is 0 Å². The summed E-state index contributed by atoms with van der Waals surface area (Å²) in [5, 5.41) is 0. The van der Waals surface area contributed by atoms with Crippen LogP contribution in [0.4, 0.5) is 0 Å². The Bertz CT molecular complexity index is 331. The minimum absolute atomic E-state index is 0.621. The van der Waals surface area contributed by atoms with Crippen LogP contribution in [0.15, 0.2) is 0 Å². The Morgan fingerprint density at radius 1 is 0.900 bits per heavy atom. The van der Waals surface area contributed by atoms with Crippen molar-refractivity contribution in [1.82, 2.24) is 0 Å². The molecule has 0 aromatic rings. The molecule has 1 unspecified atom stereocenters. The molecule has 0 spiro atoms. The molecule has 2 N–H and O–H groups in total. The quantitative estimate of drug-likeness (QED) is 0.790. The Morgan fingerprint density at radius 3 is 1.85 bits per heavy atom. The van der Waals surface area contributed by atoms with Gasteiger partial charge >= 0.3 is 0 Å². The predicted molar refractivity (Wildman–Crippen MR) is 84.3 cm³/mol. The van der Waals surface area contributed by atoms with Crippen molar-refractivity contribution in [3.63, 3.8) is 0 Å². The molecule has 5 saturated carbocycles. The van der Waals surface area contributed by atoms with Crippen molar-refractivity contribution >= 4 is 0 Å². The monoisotopic (exact) mass is 275 g/mol. The normalized spacial score (nSPS) is 47.4. The molecule has 1 nitrogen and oxygen atoms in total. The Hall–Kier alpha value is -0.0400. The second-order valence-electron chi connectivity index (χ2n) is 9.05. The Balaban J connectivity index is 1.71. The Kier molecular flexibility index (Phi) is 3.22. The molecule has 0 aromatic carbocycles. The Labute approximate surface area is 125 Å². The zero-order valence-electron chi connectivity index (χ0n) is 13.4. The van der Waals surface area contributed by atoms with E-state index in [2.05, 4.69) is 6.92 Å². The highest BCUT2D eigenvalue weighted by Gasteiger charge is 2.61. The van der Waals surface area contributed by atoms with Crippen molar-refractivity contribution in [1.29, 1.82) is 0 Å². The second-order valence-corrected chi connectivity index (χ2v) is 9.05. The summed E-state index contributed by atoms with van der Waals surface area (Å²) >= 11 is 0. The predicted octanol–water partition coefficient (Wildman–Crippen LogP) is 4.75. The largest absolute Gasteiger partial charge is 0.330 e. The third kappa shape index (κ3) is 1.77. The van der Waals surface area contributed by atoms with Crippen LogP contribution in [0.1, 0.15) is 77.6 Å². The fourth-order valence-electron chi connectivity index (χ4n) is 7.67. The molecule has 5 rings (SSSR count). The molecular formula is C19H33N. The van der Waals surface area contributed by atoms with E-state index in [0.717, 1.165) is 30.2 Å². The zero-order chi connectivity index (χ0) is 13.8. The molecule has 0 radical (unpaired) electrons. The summed E-state index contributed by atoms with van der Waals surface area (Å²) in [4.78, 5) is 0. The number of rotatable bonds is 3. The van der Waals surface area contributed by atoms with Gasteiger partial charge in [0.2, 0.25) is 0 Å². The summed E-state index contributed by atoms with van der Waals surface area (Å²) in [6.07, 6.45) is 16.9. The summed E-state index contributed by atoms with van der Waals surface area (Å²) in [5.41, 5.74) is 7.54.